The van der Waals surface area contributed by atoms with Crippen LogP contribution in [0.25, 0.3) is 0 Å². The summed E-state index contributed by atoms with van der Waals surface area (Å²) in [6.45, 7) is 18.0. The van der Waals surface area contributed by atoms with E-state index in [-0.39, 0.29) is 50.5 Å². The molecule has 0 unspecified atom stereocenters. The van der Waals surface area contributed by atoms with Gasteiger partial charge in [-0.1, -0.05) is 83.1 Å². The van der Waals surface area contributed by atoms with Crippen molar-refractivity contribution < 1.29 is 118 Å². The van der Waals surface area contributed by atoms with Crippen LogP contribution in [-0.2, 0) is 45.4 Å². The fourth-order valence-corrected chi connectivity index (χ4v) is 1.69. The molecule has 0 saturated heterocycles. The largest absolute Gasteiger partial charge is 0.512 e. The molecule has 308 valence electrons. The number of aliphatic hydroxyl groups is 4. The van der Waals surface area contributed by atoms with Gasteiger partial charge in [-0.15, -0.1) is 0 Å². The van der Waals surface area contributed by atoms with E-state index >= 15 is 0 Å². The van der Waals surface area contributed by atoms with Gasteiger partial charge in [0.2, 0.25) is 0 Å². The number of alkyl halides is 12. The van der Waals surface area contributed by atoms with Crippen molar-refractivity contribution in [2.75, 3.05) is 0 Å². The molecule has 8 nitrogen and oxygen atoms in total. The minimum Gasteiger partial charge on any atom is -0.512 e. The third-order valence-electron chi connectivity index (χ3n) is 5.26. The molecule has 0 saturated carbocycles. The molecule has 53 heavy (non-hydrogen) atoms. The van der Waals surface area contributed by atoms with Crippen LogP contribution < -0.4 is 0 Å². The molecule has 0 rings (SSSR count). The monoisotopic (exact) mass is 874 g/mol. The number of hydrogen-bond donors (Lipinski definition) is 4. The van der Waals surface area contributed by atoms with Crippen LogP contribution in [0.4, 0.5) is 52.7 Å². The summed E-state index contributed by atoms with van der Waals surface area (Å²) in [5, 5.41) is 36.2. The number of hydrogen-bond acceptors (Lipinski definition) is 8. The zero-order valence-electron chi connectivity index (χ0n) is 30.8. The van der Waals surface area contributed by atoms with Crippen molar-refractivity contribution in [3.8, 4) is 0 Å². The Morgan fingerprint density at radius 3 is 0.472 bits per heavy atom. The molecule has 0 aromatic carbocycles. The topological polar surface area (TPSA) is 149 Å². The second kappa shape index (κ2) is 21.1. The molecule has 0 aliphatic heterocycles. The van der Waals surface area contributed by atoms with Gasteiger partial charge in [0.25, 0.3) is 23.1 Å². The van der Waals surface area contributed by atoms with Crippen molar-refractivity contribution in [2.45, 2.75) is 108 Å². The number of carbonyl (C=O) groups excluding carboxylic acids is 4. The van der Waals surface area contributed by atoms with Crippen LogP contribution in [0, 0.1) is 21.7 Å². The van der Waals surface area contributed by atoms with Crippen LogP contribution in [0.3, 0.4) is 0 Å². The molecule has 0 amide bonds. The second-order valence-electron chi connectivity index (χ2n) is 14.6. The number of ketones is 4. The molecule has 0 atom stereocenters. The van der Waals surface area contributed by atoms with Gasteiger partial charge in [-0.25, -0.2) is 0 Å². The van der Waals surface area contributed by atoms with Crippen LogP contribution in [-0.4, -0.2) is 68.3 Å². The van der Waals surface area contributed by atoms with Crippen LogP contribution in [0.5, 0.6) is 0 Å². The molecule has 0 spiro atoms. The maximum atomic E-state index is 11.7. The Labute approximate surface area is 317 Å². The van der Waals surface area contributed by atoms with Gasteiger partial charge in [0.15, 0.2) is 0 Å². The van der Waals surface area contributed by atoms with Crippen LogP contribution >= 0.6 is 0 Å². The number of carbonyl (C=O) groups is 4. The van der Waals surface area contributed by atoms with Crippen molar-refractivity contribution in [1.82, 2.24) is 0 Å². The van der Waals surface area contributed by atoms with Crippen LogP contribution in [0.1, 0.15) is 83.1 Å². The molecule has 0 aliphatic rings. The predicted octanol–water partition coefficient (Wildman–Crippen LogP) is 10.4. The first-order valence-electron chi connectivity index (χ1n) is 14.3. The van der Waals surface area contributed by atoms with Gasteiger partial charge < -0.3 is 20.4 Å². The maximum Gasteiger partial charge on any atom is 0.454 e. The second-order valence-corrected chi connectivity index (χ2v) is 14.6. The molecule has 0 aliphatic carbocycles. The summed E-state index contributed by atoms with van der Waals surface area (Å²) in [5.74, 6) is -10.5. The quantitative estimate of drug-likeness (QED) is 0.124. The Bertz CT molecular complexity index is 1150. The number of rotatable bonds is 4. The summed E-state index contributed by atoms with van der Waals surface area (Å²) >= 11 is 0. The van der Waals surface area contributed by atoms with Crippen molar-refractivity contribution in [3.63, 3.8) is 0 Å². The van der Waals surface area contributed by atoms with Crippen molar-refractivity contribution in [2.24, 2.45) is 21.7 Å². The predicted molar refractivity (Wildman–Crippen MR) is 165 cm³/mol. The van der Waals surface area contributed by atoms with Gasteiger partial charge in [-0.05, 0) is 0 Å². The van der Waals surface area contributed by atoms with Gasteiger partial charge >= 0.3 is 24.7 Å². The van der Waals surface area contributed by atoms with Gasteiger partial charge in [-0.3, -0.25) is 19.2 Å². The van der Waals surface area contributed by atoms with Crippen molar-refractivity contribution >= 4 is 23.1 Å². The number of aliphatic hydroxyl groups excluding tert-OH is 4. The third kappa shape index (κ3) is 29.0. The zero-order valence-corrected chi connectivity index (χ0v) is 33.2. The molecule has 0 heterocycles. The molecule has 0 radical (unpaired) electrons. The standard InChI is InChI=1S/4C8H11F3O2.Zr/c4*1-7(2,3)5(12)4-6(13)8(9,10)11;/h4*4,12H,1-3H3;. The first-order chi connectivity index (χ1) is 22.2. The Kier molecular flexibility index (Phi) is 23.6. The van der Waals surface area contributed by atoms with Crippen molar-refractivity contribution in [3.05, 3.63) is 47.3 Å². The molecule has 0 fully saturated rings. The zero-order chi connectivity index (χ0) is 43.4. The average molecular weight is 876 g/mol. The summed E-state index contributed by atoms with van der Waals surface area (Å²) in [4.78, 5) is 41.4. The first kappa shape index (κ1) is 59.2. The van der Waals surface area contributed by atoms with Gasteiger partial charge in [0.1, 0.15) is 23.0 Å². The SMILES string of the molecule is CC(C)(C)C(O)=CC(=O)C(F)(F)F.CC(C)(C)C(O)=CC(=O)C(F)(F)F.CC(C)(C)C(O)=CC(=O)C(F)(F)F.CC(C)(C)C(O)=CC(=O)C(F)(F)F.[Zr]. The van der Waals surface area contributed by atoms with Gasteiger partial charge in [0.05, 0.1) is 0 Å². The van der Waals surface area contributed by atoms with Crippen molar-refractivity contribution in [1.29, 1.82) is 0 Å². The molecule has 0 aromatic heterocycles. The van der Waals surface area contributed by atoms with E-state index in [1.807, 2.05) is 0 Å². The molecule has 0 bridgehead atoms. The molecule has 0 aromatic rings. The normalized spacial score (nSPS) is 14.2. The number of allylic oxidation sites excluding steroid dienone is 8. The maximum absolute atomic E-state index is 11.7. The Balaban J connectivity index is -0.000000192. The van der Waals surface area contributed by atoms with E-state index in [0.29, 0.717) is 0 Å². The third-order valence-corrected chi connectivity index (χ3v) is 5.26. The van der Waals surface area contributed by atoms with E-state index in [9.17, 15) is 71.9 Å². The molecule has 4 N–H and O–H groups in total. The first-order valence-corrected chi connectivity index (χ1v) is 14.3. The summed E-state index contributed by atoms with van der Waals surface area (Å²) in [5.41, 5.74) is -3.39. The number of halogens is 12. The van der Waals surface area contributed by atoms with E-state index in [2.05, 4.69) is 0 Å². The summed E-state index contributed by atoms with van der Waals surface area (Å²) in [7, 11) is 0. The van der Waals surface area contributed by atoms with Crippen LogP contribution in [0.15, 0.2) is 47.3 Å². The van der Waals surface area contributed by atoms with E-state index in [0.717, 1.165) is 0 Å². The average Bonchev–Trinajstić information content (AvgIpc) is 2.85. The molecular weight excluding hydrogens is 832 g/mol. The molecular formula is C32H44F12O8Zr. The summed E-state index contributed by atoms with van der Waals surface area (Å²) in [6.07, 6.45) is -18.8. The Morgan fingerprint density at radius 1 is 0.321 bits per heavy atom. The Morgan fingerprint density at radius 2 is 0.415 bits per heavy atom. The smallest absolute Gasteiger partial charge is 0.454 e. The summed E-state index contributed by atoms with van der Waals surface area (Å²) < 4.78 is 140. The minimum atomic E-state index is -4.92. The van der Waals surface area contributed by atoms with Gasteiger partial charge in [0, 0.05) is 72.2 Å². The van der Waals surface area contributed by atoms with E-state index < -0.39 is 92.5 Å². The van der Waals surface area contributed by atoms with E-state index in [4.69, 9.17) is 20.4 Å². The van der Waals surface area contributed by atoms with E-state index in [1.54, 1.807) is 0 Å². The van der Waals surface area contributed by atoms with Crippen LogP contribution in [0.2, 0.25) is 0 Å². The van der Waals surface area contributed by atoms with Gasteiger partial charge in [-0.2, -0.15) is 52.7 Å². The fraction of sp³-hybridized carbons (Fsp3) is 0.625. The summed E-state index contributed by atoms with van der Waals surface area (Å²) in [6, 6.07) is 0. The van der Waals surface area contributed by atoms with E-state index in [1.165, 1.54) is 83.1 Å². The Hall–Kier alpha value is -3.12. The molecule has 21 heteroatoms. The minimum absolute atomic E-state index is 0. The fourth-order valence-electron chi connectivity index (χ4n) is 1.69.